The van der Waals surface area contributed by atoms with Crippen LogP contribution in [0.4, 0.5) is 5.69 Å². The molecule has 0 aliphatic carbocycles. The van der Waals surface area contributed by atoms with E-state index in [0.717, 1.165) is 20.6 Å². The summed E-state index contributed by atoms with van der Waals surface area (Å²) in [4.78, 5) is 4.45. The zero-order valence-electron chi connectivity index (χ0n) is 10.4. The van der Waals surface area contributed by atoms with Crippen LogP contribution in [0.15, 0.2) is 47.5 Å². The Morgan fingerprint density at radius 2 is 2.11 bits per heavy atom. The smallest absolute Gasteiger partial charge is 0.128 e. The molecule has 0 saturated carbocycles. The Hall–Kier alpha value is -1.07. The van der Waals surface area contributed by atoms with Gasteiger partial charge < -0.3 is 4.74 Å². The SMILES string of the molecule is CCOc1ccc(Cl)cc1C=Nc1cccc(I)c1. The molecule has 0 bridgehead atoms. The summed E-state index contributed by atoms with van der Waals surface area (Å²) in [6.07, 6.45) is 1.78. The molecule has 0 aliphatic rings. The van der Waals surface area contributed by atoms with Gasteiger partial charge in [0.15, 0.2) is 0 Å². The number of rotatable bonds is 4. The van der Waals surface area contributed by atoms with Gasteiger partial charge in [0.25, 0.3) is 0 Å². The average Bonchev–Trinajstić information content (AvgIpc) is 2.39. The number of nitrogens with zero attached hydrogens (tertiary/aromatic N) is 1. The van der Waals surface area contributed by atoms with Crippen molar-refractivity contribution in [2.75, 3.05) is 6.61 Å². The molecule has 0 fully saturated rings. The Balaban J connectivity index is 2.29. The molecule has 0 saturated heterocycles. The summed E-state index contributed by atoms with van der Waals surface area (Å²) < 4.78 is 6.71. The molecule has 4 heteroatoms. The molecule has 0 spiro atoms. The molecule has 0 atom stereocenters. The van der Waals surface area contributed by atoms with Gasteiger partial charge in [0, 0.05) is 20.4 Å². The predicted molar refractivity (Wildman–Crippen MR) is 89.0 cm³/mol. The fourth-order valence-electron chi connectivity index (χ4n) is 1.61. The fraction of sp³-hybridized carbons (Fsp3) is 0.133. The Bertz CT molecular complexity index is 598. The molecule has 2 aromatic rings. The molecule has 2 nitrogen and oxygen atoms in total. The molecule has 98 valence electrons. The van der Waals surface area contributed by atoms with E-state index >= 15 is 0 Å². The third kappa shape index (κ3) is 4.21. The van der Waals surface area contributed by atoms with Gasteiger partial charge in [0.2, 0.25) is 0 Å². The van der Waals surface area contributed by atoms with E-state index in [0.29, 0.717) is 11.6 Å². The summed E-state index contributed by atoms with van der Waals surface area (Å²) >= 11 is 8.27. The molecule has 2 aromatic carbocycles. The molecule has 0 aliphatic heterocycles. The first-order chi connectivity index (χ1) is 9.19. The van der Waals surface area contributed by atoms with Crippen molar-refractivity contribution >= 4 is 46.1 Å². The number of hydrogen-bond donors (Lipinski definition) is 0. The predicted octanol–water partition coefficient (Wildman–Crippen LogP) is 5.09. The minimum Gasteiger partial charge on any atom is -0.493 e. The molecule has 0 heterocycles. The quantitative estimate of drug-likeness (QED) is 0.530. The highest BCUT2D eigenvalue weighted by molar-refractivity contribution is 14.1. The van der Waals surface area contributed by atoms with Gasteiger partial charge in [0.1, 0.15) is 5.75 Å². The molecule has 0 aromatic heterocycles. The summed E-state index contributed by atoms with van der Waals surface area (Å²) in [6, 6.07) is 13.5. The maximum atomic E-state index is 6.01. The van der Waals surface area contributed by atoms with Crippen molar-refractivity contribution in [1.29, 1.82) is 0 Å². The lowest BCUT2D eigenvalue weighted by atomic mass is 10.2. The van der Waals surface area contributed by atoms with Crippen molar-refractivity contribution in [1.82, 2.24) is 0 Å². The number of benzene rings is 2. The van der Waals surface area contributed by atoms with E-state index in [1.807, 2.05) is 49.4 Å². The third-order valence-corrected chi connectivity index (χ3v) is 3.34. The average molecular weight is 386 g/mol. The summed E-state index contributed by atoms with van der Waals surface area (Å²) in [5.41, 5.74) is 1.79. The van der Waals surface area contributed by atoms with Gasteiger partial charge in [-0.15, -0.1) is 0 Å². The zero-order chi connectivity index (χ0) is 13.7. The Morgan fingerprint density at radius 3 is 2.84 bits per heavy atom. The van der Waals surface area contributed by atoms with Gasteiger partial charge in [-0.3, -0.25) is 4.99 Å². The monoisotopic (exact) mass is 385 g/mol. The second kappa shape index (κ2) is 6.91. The number of ether oxygens (including phenoxy) is 1. The maximum Gasteiger partial charge on any atom is 0.128 e. The Kier molecular flexibility index (Phi) is 5.22. The van der Waals surface area contributed by atoms with E-state index in [9.17, 15) is 0 Å². The van der Waals surface area contributed by atoms with Crippen LogP contribution in [0.2, 0.25) is 5.02 Å². The topological polar surface area (TPSA) is 21.6 Å². The van der Waals surface area contributed by atoms with E-state index in [1.165, 1.54) is 0 Å². The van der Waals surface area contributed by atoms with E-state index < -0.39 is 0 Å². The highest BCUT2D eigenvalue weighted by Gasteiger charge is 2.02. The van der Waals surface area contributed by atoms with Crippen LogP contribution >= 0.6 is 34.2 Å². The maximum absolute atomic E-state index is 6.01. The van der Waals surface area contributed by atoms with Crippen molar-refractivity contribution in [3.05, 3.63) is 56.6 Å². The Labute approximate surface area is 131 Å². The molecular weight excluding hydrogens is 373 g/mol. The highest BCUT2D eigenvalue weighted by atomic mass is 127. The van der Waals surface area contributed by atoms with Crippen LogP contribution in [0, 0.1) is 3.57 Å². The molecule has 19 heavy (non-hydrogen) atoms. The van der Waals surface area contributed by atoms with Gasteiger partial charge in [-0.1, -0.05) is 17.7 Å². The first kappa shape index (κ1) is 14.3. The fourth-order valence-corrected chi connectivity index (χ4v) is 2.31. The lowest BCUT2D eigenvalue weighted by molar-refractivity contribution is 0.340. The summed E-state index contributed by atoms with van der Waals surface area (Å²) in [5, 5.41) is 0.674. The third-order valence-electron chi connectivity index (χ3n) is 2.43. The Morgan fingerprint density at radius 1 is 1.26 bits per heavy atom. The second-order valence-electron chi connectivity index (χ2n) is 3.85. The van der Waals surface area contributed by atoms with Crippen LogP contribution in [-0.4, -0.2) is 12.8 Å². The molecular formula is C15H13ClINO. The van der Waals surface area contributed by atoms with Gasteiger partial charge in [-0.25, -0.2) is 0 Å². The van der Waals surface area contributed by atoms with Crippen molar-refractivity contribution in [3.63, 3.8) is 0 Å². The van der Waals surface area contributed by atoms with Crippen molar-refractivity contribution < 1.29 is 4.74 Å². The lowest BCUT2D eigenvalue weighted by Crippen LogP contribution is -1.95. The highest BCUT2D eigenvalue weighted by Crippen LogP contribution is 2.23. The van der Waals surface area contributed by atoms with E-state index in [2.05, 4.69) is 27.6 Å². The van der Waals surface area contributed by atoms with Crippen molar-refractivity contribution in [3.8, 4) is 5.75 Å². The first-order valence-corrected chi connectivity index (χ1v) is 7.36. The molecule has 0 amide bonds. The first-order valence-electron chi connectivity index (χ1n) is 5.91. The summed E-state index contributed by atoms with van der Waals surface area (Å²) in [5.74, 6) is 0.793. The van der Waals surface area contributed by atoms with Crippen LogP contribution < -0.4 is 4.74 Å². The normalized spacial score (nSPS) is 10.9. The van der Waals surface area contributed by atoms with Gasteiger partial charge in [-0.2, -0.15) is 0 Å². The van der Waals surface area contributed by atoms with Crippen LogP contribution in [0.25, 0.3) is 0 Å². The lowest BCUT2D eigenvalue weighted by Gasteiger charge is -2.06. The van der Waals surface area contributed by atoms with Crippen molar-refractivity contribution in [2.24, 2.45) is 4.99 Å². The molecule has 0 N–H and O–H groups in total. The van der Waals surface area contributed by atoms with Crippen molar-refractivity contribution in [2.45, 2.75) is 6.92 Å². The van der Waals surface area contributed by atoms with Crippen LogP contribution in [-0.2, 0) is 0 Å². The molecule has 0 radical (unpaired) electrons. The second-order valence-corrected chi connectivity index (χ2v) is 5.54. The van der Waals surface area contributed by atoms with E-state index in [4.69, 9.17) is 16.3 Å². The van der Waals surface area contributed by atoms with Crippen LogP contribution in [0.1, 0.15) is 12.5 Å². The number of aliphatic imine (C=N–C) groups is 1. The summed E-state index contributed by atoms with van der Waals surface area (Å²) in [7, 11) is 0. The minimum absolute atomic E-state index is 0.617. The zero-order valence-corrected chi connectivity index (χ0v) is 13.4. The van der Waals surface area contributed by atoms with Crippen LogP contribution in [0.3, 0.4) is 0 Å². The standard InChI is InChI=1S/C15H13ClINO/c1-2-19-15-7-6-12(16)8-11(15)10-18-14-5-3-4-13(17)9-14/h3-10H,2H2,1H3. The number of halogens is 2. The van der Waals surface area contributed by atoms with E-state index in [1.54, 1.807) is 6.21 Å². The van der Waals surface area contributed by atoms with Gasteiger partial charge in [0.05, 0.1) is 12.3 Å². The van der Waals surface area contributed by atoms with Crippen LogP contribution in [0.5, 0.6) is 5.75 Å². The largest absolute Gasteiger partial charge is 0.493 e. The number of hydrogen-bond acceptors (Lipinski definition) is 2. The summed E-state index contributed by atoms with van der Waals surface area (Å²) in [6.45, 7) is 2.57. The molecule has 2 rings (SSSR count). The minimum atomic E-state index is 0.617. The van der Waals surface area contributed by atoms with E-state index in [-0.39, 0.29) is 0 Å². The van der Waals surface area contributed by atoms with Gasteiger partial charge >= 0.3 is 0 Å². The molecule has 0 unspecified atom stereocenters. The van der Waals surface area contributed by atoms with Gasteiger partial charge in [-0.05, 0) is 65.9 Å².